The minimum absolute atomic E-state index is 0.238. The van der Waals surface area contributed by atoms with Crippen molar-refractivity contribution >= 4 is 5.96 Å². The van der Waals surface area contributed by atoms with Gasteiger partial charge in [0.25, 0.3) is 0 Å². The van der Waals surface area contributed by atoms with Crippen molar-refractivity contribution in [2.75, 3.05) is 13.7 Å². The van der Waals surface area contributed by atoms with Gasteiger partial charge in [-0.1, -0.05) is 30.3 Å². The number of aryl methyl sites for hydroxylation is 1. The van der Waals surface area contributed by atoms with E-state index in [0.29, 0.717) is 24.6 Å². The minimum atomic E-state index is -0.261. The number of aliphatic imine (C=N–C) groups is 1. The summed E-state index contributed by atoms with van der Waals surface area (Å²) >= 11 is 0. The molecule has 3 aromatic rings. The van der Waals surface area contributed by atoms with E-state index in [0.717, 1.165) is 23.8 Å². The second-order valence-corrected chi connectivity index (χ2v) is 6.86. The molecule has 2 aromatic carbocycles. The Morgan fingerprint density at radius 3 is 2.53 bits per heavy atom. The van der Waals surface area contributed by atoms with Crippen LogP contribution >= 0.6 is 0 Å². The largest absolute Gasteiger partial charge is 0.497 e. The van der Waals surface area contributed by atoms with Crippen molar-refractivity contribution in [1.82, 2.24) is 25.4 Å². The molecule has 30 heavy (non-hydrogen) atoms. The Hall–Kier alpha value is -3.42. The molecule has 7 nitrogen and oxygen atoms in total. The van der Waals surface area contributed by atoms with Gasteiger partial charge in [-0.3, -0.25) is 0 Å². The number of ether oxygens (including phenoxy) is 1. The van der Waals surface area contributed by atoms with Gasteiger partial charge >= 0.3 is 0 Å². The van der Waals surface area contributed by atoms with Gasteiger partial charge in [-0.15, -0.1) is 10.2 Å². The first-order chi connectivity index (χ1) is 14.6. The molecule has 2 N–H and O–H groups in total. The smallest absolute Gasteiger partial charge is 0.191 e. The number of halogens is 1. The highest BCUT2D eigenvalue weighted by Gasteiger charge is 2.07. The third kappa shape index (κ3) is 5.79. The summed E-state index contributed by atoms with van der Waals surface area (Å²) in [4.78, 5) is 4.54. The first kappa shape index (κ1) is 21.3. The topological polar surface area (TPSA) is 76.4 Å². The number of hydrogen-bond donors (Lipinski definition) is 2. The van der Waals surface area contributed by atoms with Crippen molar-refractivity contribution in [1.29, 1.82) is 0 Å². The molecular formula is C22H27FN6O. The van der Waals surface area contributed by atoms with E-state index in [-0.39, 0.29) is 12.4 Å². The molecule has 1 aromatic heterocycles. The highest BCUT2D eigenvalue weighted by molar-refractivity contribution is 5.79. The van der Waals surface area contributed by atoms with Gasteiger partial charge in [-0.05, 0) is 37.1 Å². The maximum absolute atomic E-state index is 13.9. The summed E-state index contributed by atoms with van der Waals surface area (Å²) in [6, 6.07) is 14.6. The molecular weight excluding hydrogens is 383 g/mol. The van der Waals surface area contributed by atoms with Crippen LogP contribution in [0.25, 0.3) is 0 Å². The lowest BCUT2D eigenvalue weighted by atomic mass is 10.1. The molecule has 0 amide bonds. The average Bonchev–Trinajstić information content (AvgIpc) is 3.09. The highest BCUT2D eigenvalue weighted by Crippen LogP contribution is 2.11. The van der Waals surface area contributed by atoms with E-state index in [1.165, 1.54) is 11.6 Å². The van der Waals surface area contributed by atoms with Crippen LogP contribution in [0.5, 0.6) is 5.75 Å². The Labute approximate surface area is 176 Å². The first-order valence-electron chi connectivity index (χ1n) is 9.80. The van der Waals surface area contributed by atoms with Gasteiger partial charge < -0.3 is 19.9 Å². The van der Waals surface area contributed by atoms with Crippen molar-refractivity contribution in [3.8, 4) is 5.75 Å². The van der Waals surface area contributed by atoms with Gasteiger partial charge in [0.2, 0.25) is 0 Å². The van der Waals surface area contributed by atoms with Crippen LogP contribution in [0, 0.1) is 12.7 Å². The second-order valence-electron chi connectivity index (χ2n) is 6.86. The van der Waals surface area contributed by atoms with E-state index < -0.39 is 0 Å². The summed E-state index contributed by atoms with van der Waals surface area (Å²) in [6.45, 7) is 3.27. The van der Waals surface area contributed by atoms with Gasteiger partial charge in [0.05, 0.1) is 20.2 Å². The van der Waals surface area contributed by atoms with Crippen LogP contribution in [0.4, 0.5) is 4.39 Å². The fourth-order valence-electron chi connectivity index (χ4n) is 2.85. The number of aromatic nitrogens is 3. The van der Waals surface area contributed by atoms with Gasteiger partial charge in [-0.2, -0.15) is 0 Å². The molecule has 0 spiro atoms. The SMILES string of the molecule is COc1ccc(CCNC(=NCc2ccccc2F)NCc2nnc(C)n2C)cc1. The van der Waals surface area contributed by atoms with E-state index in [1.54, 1.807) is 25.3 Å². The fraction of sp³-hybridized carbons (Fsp3) is 0.318. The number of nitrogens with zero attached hydrogens (tertiary/aromatic N) is 4. The number of methoxy groups -OCH3 is 1. The predicted molar refractivity (Wildman–Crippen MR) is 115 cm³/mol. The molecule has 0 fully saturated rings. The van der Waals surface area contributed by atoms with Gasteiger partial charge in [0.1, 0.15) is 17.4 Å². The molecule has 0 radical (unpaired) electrons. The Kier molecular flexibility index (Phi) is 7.37. The lowest BCUT2D eigenvalue weighted by Gasteiger charge is -2.13. The zero-order valence-corrected chi connectivity index (χ0v) is 17.5. The summed E-state index contributed by atoms with van der Waals surface area (Å²) in [5, 5.41) is 14.8. The molecule has 0 saturated carbocycles. The molecule has 3 rings (SSSR count). The van der Waals surface area contributed by atoms with E-state index in [4.69, 9.17) is 4.74 Å². The van der Waals surface area contributed by atoms with E-state index >= 15 is 0 Å². The summed E-state index contributed by atoms with van der Waals surface area (Å²) in [7, 11) is 3.57. The molecule has 0 saturated heterocycles. The first-order valence-corrected chi connectivity index (χ1v) is 9.80. The molecule has 0 atom stereocenters. The zero-order chi connectivity index (χ0) is 21.3. The van der Waals surface area contributed by atoms with Crippen LogP contribution in [0.2, 0.25) is 0 Å². The van der Waals surface area contributed by atoms with Crippen molar-refractivity contribution in [2.24, 2.45) is 12.0 Å². The lowest BCUT2D eigenvalue weighted by Crippen LogP contribution is -2.38. The zero-order valence-electron chi connectivity index (χ0n) is 17.5. The number of benzene rings is 2. The monoisotopic (exact) mass is 410 g/mol. The molecule has 1 heterocycles. The van der Waals surface area contributed by atoms with Crippen molar-refractivity contribution < 1.29 is 9.13 Å². The van der Waals surface area contributed by atoms with Gasteiger partial charge in [0.15, 0.2) is 11.8 Å². The molecule has 0 aliphatic rings. The third-order valence-corrected chi connectivity index (χ3v) is 4.83. The summed E-state index contributed by atoms with van der Waals surface area (Å²) in [6.07, 6.45) is 0.813. The van der Waals surface area contributed by atoms with E-state index in [9.17, 15) is 4.39 Å². The Morgan fingerprint density at radius 1 is 1.10 bits per heavy atom. The van der Waals surface area contributed by atoms with Crippen LogP contribution in [0.15, 0.2) is 53.5 Å². The Morgan fingerprint density at radius 2 is 1.87 bits per heavy atom. The molecule has 0 unspecified atom stereocenters. The number of rotatable bonds is 8. The summed E-state index contributed by atoms with van der Waals surface area (Å²) in [5.41, 5.74) is 1.73. The fourth-order valence-corrected chi connectivity index (χ4v) is 2.85. The predicted octanol–water partition coefficient (Wildman–Crippen LogP) is 2.75. The normalized spacial score (nSPS) is 11.4. The lowest BCUT2D eigenvalue weighted by molar-refractivity contribution is 0.414. The standard InChI is InChI=1S/C22H27FN6O/c1-16-27-28-21(29(16)2)15-26-22(25-14-18-6-4-5-7-20(18)23)24-13-12-17-8-10-19(30-3)11-9-17/h4-11H,12-15H2,1-3H3,(H2,24,25,26). The minimum Gasteiger partial charge on any atom is -0.497 e. The quantitative estimate of drug-likeness (QED) is 0.441. The average molecular weight is 410 g/mol. The third-order valence-electron chi connectivity index (χ3n) is 4.83. The Bertz CT molecular complexity index is 984. The van der Waals surface area contributed by atoms with Crippen LogP contribution in [-0.4, -0.2) is 34.4 Å². The maximum Gasteiger partial charge on any atom is 0.191 e. The van der Waals surface area contributed by atoms with Crippen LogP contribution in [0.1, 0.15) is 22.8 Å². The highest BCUT2D eigenvalue weighted by atomic mass is 19.1. The summed E-state index contributed by atoms with van der Waals surface area (Å²) in [5.74, 6) is 2.79. The molecule has 8 heteroatoms. The summed E-state index contributed by atoms with van der Waals surface area (Å²) < 4.78 is 21.0. The van der Waals surface area contributed by atoms with Crippen LogP contribution in [0.3, 0.4) is 0 Å². The van der Waals surface area contributed by atoms with E-state index in [2.05, 4.69) is 25.8 Å². The molecule has 0 bridgehead atoms. The number of hydrogen-bond acceptors (Lipinski definition) is 4. The molecule has 158 valence electrons. The Balaban J connectivity index is 1.63. The van der Waals surface area contributed by atoms with Gasteiger partial charge in [-0.25, -0.2) is 9.38 Å². The van der Waals surface area contributed by atoms with Crippen molar-refractivity contribution in [3.63, 3.8) is 0 Å². The second kappa shape index (κ2) is 10.4. The van der Waals surface area contributed by atoms with E-state index in [1.807, 2.05) is 42.8 Å². The molecule has 0 aliphatic heterocycles. The molecule has 0 aliphatic carbocycles. The van der Waals surface area contributed by atoms with Crippen LogP contribution in [-0.2, 0) is 26.6 Å². The van der Waals surface area contributed by atoms with Crippen molar-refractivity contribution in [3.05, 3.63) is 77.1 Å². The number of guanidine groups is 1. The van der Waals surface area contributed by atoms with Crippen LogP contribution < -0.4 is 15.4 Å². The van der Waals surface area contributed by atoms with Gasteiger partial charge in [0, 0.05) is 19.2 Å². The van der Waals surface area contributed by atoms with Crippen molar-refractivity contribution in [2.45, 2.75) is 26.4 Å². The number of nitrogens with one attached hydrogen (secondary N) is 2. The maximum atomic E-state index is 13.9.